The Kier molecular flexibility index (Phi) is 4.98. The molecule has 2 N–H and O–H groups in total. The lowest BCUT2D eigenvalue weighted by Gasteiger charge is -2.31. The van der Waals surface area contributed by atoms with Gasteiger partial charge in [-0.15, -0.1) is 0 Å². The average molecular weight is 263 g/mol. The standard InChI is InChI=1S/C16H25NO2/c1-11(2)10-14(16(3,4)5)15(19)17-12-6-8-13(18)9-7-12/h6-9,11,14,18H,10H2,1-5H3,(H,17,19). The fraction of sp³-hybridized carbons (Fsp3) is 0.562. The molecule has 1 aromatic carbocycles. The molecule has 0 aliphatic carbocycles. The molecule has 0 saturated carbocycles. The molecule has 1 atom stereocenters. The fourth-order valence-electron chi connectivity index (χ4n) is 2.10. The van der Waals surface area contributed by atoms with Crippen LogP contribution in [0.1, 0.15) is 41.0 Å². The Morgan fingerprint density at radius 2 is 1.74 bits per heavy atom. The number of benzene rings is 1. The van der Waals surface area contributed by atoms with Crippen LogP contribution < -0.4 is 5.32 Å². The number of anilines is 1. The van der Waals surface area contributed by atoms with Crippen molar-refractivity contribution in [3.8, 4) is 5.75 Å². The molecule has 0 aromatic heterocycles. The van der Waals surface area contributed by atoms with Gasteiger partial charge in [0.15, 0.2) is 0 Å². The van der Waals surface area contributed by atoms with Crippen molar-refractivity contribution >= 4 is 11.6 Å². The average Bonchev–Trinajstić information content (AvgIpc) is 2.27. The number of phenolic OH excluding ortho intramolecular Hbond substituents is 1. The van der Waals surface area contributed by atoms with E-state index in [0.717, 1.165) is 12.1 Å². The highest BCUT2D eigenvalue weighted by molar-refractivity contribution is 5.93. The van der Waals surface area contributed by atoms with Crippen LogP contribution in [0.25, 0.3) is 0 Å². The predicted octanol–water partition coefficient (Wildman–Crippen LogP) is 4.04. The van der Waals surface area contributed by atoms with Gasteiger partial charge in [0.25, 0.3) is 0 Å². The molecular formula is C16H25NO2. The van der Waals surface area contributed by atoms with Crippen molar-refractivity contribution in [1.82, 2.24) is 0 Å². The molecule has 19 heavy (non-hydrogen) atoms. The summed E-state index contributed by atoms with van der Waals surface area (Å²) in [6.45, 7) is 10.5. The molecule has 0 spiro atoms. The lowest BCUT2D eigenvalue weighted by atomic mass is 9.75. The van der Waals surface area contributed by atoms with E-state index in [2.05, 4.69) is 39.9 Å². The molecule has 0 aliphatic heterocycles. The molecule has 1 unspecified atom stereocenters. The normalized spacial score (nSPS) is 13.4. The van der Waals surface area contributed by atoms with Crippen molar-refractivity contribution < 1.29 is 9.90 Å². The van der Waals surface area contributed by atoms with Crippen LogP contribution >= 0.6 is 0 Å². The monoisotopic (exact) mass is 263 g/mol. The zero-order valence-corrected chi connectivity index (χ0v) is 12.5. The topological polar surface area (TPSA) is 49.3 Å². The minimum absolute atomic E-state index is 0.0266. The maximum absolute atomic E-state index is 12.4. The van der Waals surface area contributed by atoms with Crippen LogP contribution in [0.15, 0.2) is 24.3 Å². The van der Waals surface area contributed by atoms with Crippen LogP contribution in [0, 0.1) is 17.3 Å². The van der Waals surface area contributed by atoms with E-state index in [1.165, 1.54) is 0 Å². The van der Waals surface area contributed by atoms with Crippen LogP contribution in [0.3, 0.4) is 0 Å². The summed E-state index contributed by atoms with van der Waals surface area (Å²) in [6.07, 6.45) is 0.868. The third-order valence-corrected chi connectivity index (χ3v) is 3.20. The summed E-state index contributed by atoms with van der Waals surface area (Å²) in [7, 11) is 0. The zero-order valence-electron chi connectivity index (χ0n) is 12.5. The summed E-state index contributed by atoms with van der Waals surface area (Å²) in [5, 5.41) is 12.2. The first-order valence-electron chi connectivity index (χ1n) is 6.80. The smallest absolute Gasteiger partial charge is 0.228 e. The zero-order chi connectivity index (χ0) is 14.6. The summed E-state index contributed by atoms with van der Waals surface area (Å²) in [4.78, 5) is 12.4. The highest BCUT2D eigenvalue weighted by Crippen LogP contribution is 2.32. The number of amides is 1. The Morgan fingerprint density at radius 1 is 1.21 bits per heavy atom. The van der Waals surface area contributed by atoms with E-state index >= 15 is 0 Å². The molecule has 3 heteroatoms. The van der Waals surface area contributed by atoms with Gasteiger partial charge in [0.1, 0.15) is 5.75 Å². The summed E-state index contributed by atoms with van der Waals surface area (Å²) in [6, 6.07) is 6.57. The fourth-order valence-corrected chi connectivity index (χ4v) is 2.10. The third kappa shape index (κ3) is 4.93. The summed E-state index contributed by atoms with van der Waals surface area (Å²) < 4.78 is 0. The van der Waals surface area contributed by atoms with Crippen molar-refractivity contribution in [3.05, 3.63) is 24.3 Å². The molecule has 1 aromatic rings. The van der Waals surface area contributed by atoms with E-state index in [4.69, 9.17) is 0 Å². The quantitative estimate of drug-likeness (QED) is 0.805. The Hall–Kier alpha value is -1.51. The molecular weight excluding hydrogens is 238 g/mol. The summed E-state index contributed by atoms with van der Waals surface area (Å²) in [5.41, 5.74) is 0.659. The van der Waals surface area contributed by atoms with Gasteiger partial charge in [0.05, 0.1) is 0 Å². The molecule has 0 bridgehead atoms. The second-order valence-corrected chi connectivity index (χ2v) is 6.58. The first kappa shape index (κ1) is 15.5. The molecule has 3 nitrogen and oxygen atoms in total. The van der Waals surface area contributed by atoms with Crippen LogP contribution in [-0.4, -0.2) is 11.0 Å². The number of hydrogen-bond donors (Lipinski definition) is 2. The summed E-state index contributed by atoms with van der Waals surface area (Å²) >= 11 is 0. The molecule has 106 valence electrons. The Balaban J connectivity index is 2.80. The highest BCUT2D eigenvalue weighted by Gasteiger charge is 2.31. The van der Waals surface area contributed by atoms with Gasteiger partial charge >= 0.3 is 0 Å². The van der Waals surface area contributed by atoms with E-state index in [-0.39, 0.29) is 23.0 Å². The van der Waals surface area contributed by atoms with E-state index in [1.54, 1.807) is 24.3 Å². The Bertz CT molecular complexity index is 415. The van der Waals surface area contributed by atoms with Crippen LogP contribution in [0.2, 0.25) is 0 Å². The molecule has 1 amide bonds. The molecule has 0 radical (unpaired) electrons. The largest absolute Gasteiger partial charge is 0.508 e. The minimum Gasteiger partial charge on any atom is -0.508 e. The van der Waals surface area contributed by atoms with E-state index in [9.17, 15) is 9.90 Å². The van der Waals surface area contributed by atoms with Crippen LogP contribution in [-0.2, 0) is 4.79 Å². The maximum Gasteiger partial charge on any atom is 0.228 e. The number of nitrogens with one attached hydrogen (secondary N) is 1. The number of rotatable bonds is 4. The third-order valence-electron chi connectivity index (χ3n) is 3.20. The Morgan fingerprint density at radius 3 is 2.16 bits per heavy atom. The number of carbonyl (C=O) groups excluding carboxylic acids is 1. The maximum atomic E-state index is 12.4. The van der Waals surface area contributed by atoms with Gasteiger partial charge in [-0.25, -0.2) is 0 Å². The van der Waals surface area contributed by atoms with Crippen LogP contribution in [0.5, 0.6) is 5.75 Å². The van der Waals surface area contributed by atoms with Crippen molar-refractivity contribution in [2.75, 3.05) is 5.32 Å². The van der Waals surface area contributed by atoms with Crippen molar-refractivity contribution in [2.45, 2.75) is 41.0 Å². The van der Waals surface area contributed by atoms with Gasteiger partial charge in [-0.05, 0) is 42.0 Å². The van der Waals surface area contributed by atoms with Crippen molar-refractivity contribution in [2.24, 2.45) is 17.3 Å². The van der Waals surface area contributed by atoms with E-state index in [0.29, 0.717) is 5.92 Å². The lowest BCUT2D eigenvalue weighted by Crippen LogP contribution is -2.34. The van der Waals surface area contributed by atoms with Crippen LogP contribution in [0.4, 0.5) is 5.69 Å². The molecule has 0 saturated heterocycles. The summed E-state index contributed by atoms with van der Waals surface area (Å²) in [5.74, 6) is 0.704. The Labute approximate surface area is 116 Å². The van der Waals surface area contributed by atoms with E-state index < -0.39 is 0 Å². The number of aromatic hydroxyl groups is 1. The van der Waals surface area contributed by atoms with E-state index in [1.807, 2.05) is 0 Å². The first-order chi connectivity index (χ1) is 8.70. The van der Waals surface area contributed by atoms with Gasteiger partial charge in [-0.3, -0.25) is 4.79 Å². The van der Waals surface area contributed by atoms with Gasteiger partial charge in [0.2, 0.25) is 5.91 Å². The van der Waals surface area contributed by atoms with Crippen molar-refractivity contribution in [3.63, 3.8) is 0 Å². The van der Waals surface area contributed by atoms with Gasteiger partial charge in [-0.1, -0.05) is 34.6 Å². The molecule has 0 aliphatic rings. The lowest BCUT2D eigenvalue weighted by molar-refractivity contribution is -0.123. The SMILES string of the molecule is CC(C)CC(C(=O)Nc1ccc(O)cc1)C(C)(C)C. The van der Waals surface area contributed by atoms with Crippen molar-refractivity contribution in [1.29, 1.82) is 0 Å². The highest BCUT2D eigenvalue weighted by atomic mass is 16.3. The number of carbonyl (C=O) groups is 1. The number of phenols is 1. The number of hydrogen-bond acceptors (Lipinski definition) is 2. The molecule has 1 rings (SSSR count). The molecule has 0 heterocycles. The van der Waals surface area contributed by atoms with Gasteiger partial charge in [-0.2, -0.15) is 0 Å². The second-order valence-electron chi connectivity index (χ2n) is 6.58. The predicted molar refractivity (Wildman–Crippen MR) is 79.1 cm³/mol. The van der Waals surface area contributed by atoms with Gasteiger partial charge in [0, 0.05) is 11.6 Å². The second kappa shape index (κ2) is 6.09. The minimum atomic E-state index is -0.0642. The van der Waals surface area contributed by atoms with Gasteiger partial charge < -0.3 is 10.4 Å². The first-order valence-corrected chi connectivity index (χ1v) is 6.80. The molecule has 0 fully saturated rings.